The summed E-state index contributed by atoms with van der Waals surface area (Å²) in [5, 5.41) is 12.6. The van der Waals surface area contributed by atoms with Crippen molar-refractivity contribution in [2.45, 2.75) is 25.1 Å². The van der Waals surface area contributed by atoms with E-state index in [0.717, 1.165) is 31.1 Å². The van der Waals surface area contributed by atoms with E-state index in [0.29, 0.717) is 12.1 Å². The van der Waals surface area contributed by atoms with Crippen LogP contribution in [0, 0.1) is 11.8 Å². The molecule has 0 aliphatic carbocycles. The number of alkyl halides is 3. The number of halogens is 3. The van der Waals surface area contributed by atoms with Crippen molar-refractivity contribution in [3.63, 3.8) is 0 Å². The first-order valence-corrected chi connectivity index (χ1v) is 10.6. The van der Waals surface area contributed by atoms with E-state index in [1.165, 1.54) is 0 Å². The van der Waals surface area contributed by atoms with Gasteiger partial charge in [-0.1, -0.05) is 11.8 Å². The molecule has 0 radical (unpaired) electrons. The standard InChI is InChI=1S/C20H20N4O4.C2HF3O2/c25-17-6-5-16(18(26)22-17)24-19(27)14-4-3-13(12-15(14)20(24)28)2-1-9-23-10-7-21-8-11-23;3-2(4,5)1(6)7/h3-4,12,16,21H,5-11H2,(H,22,25,26);(H,6,7). The summed E-state index contributed by atoms with van der Waals surface area (Å²) in [5.41, 5.74) is 1.17. The number of piperidine rings is 1. The number of fused-ring (bicyclic) bond motifs is 1. The van der Waals surface area contributed by atoms with Crippen molar-refractivity contribution in [2.75, 3.05) is 32.7 Å². The van der Waals surface area contributed by atoms with Crippen molar-refractivity contribution in [3.05, 3.63) is 34.9 Å². The molecule has 4 amide bonds. The molecule has 1 atom stereocenters. The van der Waals surface area contributed by atoms with Gasteiger partial charge < -0.3 is 10.4 Å². The molecule has 10 nitrogen and oxygen atoms in total. The second-order valence-corrected chi connectivity index (χ2v) is 7.84. The van der Waals surface area contributed by atoms with Crippen molar-refractivity contribution >= 4 is 29.6 Å². The van der Waals surface area contributed by atoms with Crippen molar-refractivity contribution in [1.82, 2.24) is 20.4 Å². The number of nitrogens with one attached hydrogen (secondary N) is 2. The lowest BCUT2D eigenvalue weighted by molar-refractivity contribution is -0.192. The Bertz CT molecular complexity index is 1120. The van der Waals surface area contributed by atoms with Crippen LogP contribution in [0.5, 0.6) is 0 Å². The molecule has 1 aromatic carbocycles. The second-order valence-electron chi connectivity index (χ2n) is 7.84. The van der Waals surface area contributed by atoms with Gasteiger partial charge in [0.15, 0.2) is 0 Å². The van der Waals surface area contributed by atoms with Crippen molar-refractivity contribution in [3.8, 4) is 11.8 Å². The van der Waals surface area contributed by atoms with Crippen LogP contribution in [0.4, 0.5) is 13.2 Å². The zero-order valence-corrected chi connectivity index (χ0v) is 18.3. The summed E-state index contributed by atoms with van der Waals surface area (Å²) < 4.78 is 31.7. The Labute approximate surface area is 197 Å². The van der Waals surface area contributed by atoms with Gasteiger partial charge in [0, 0.05) is 38.2 Å². The van der Waals surface area contributed by atoms with Gasteiger partial charge in [0.25, 0.3) is 11.8 Å². The lowest BCUT2D eigenvalue weighted by atomic mass is 10.0. The quantitative estimate of drug-likeness (QED) is 0.386. The Kier molecular flexibility index (Phi) is 7.88. The van der Waals surface area contributed by atoms with E-state index in [1.807, 2.05) is 0 Å². The minimum absolute atomic E-state index is 0.104. The van der Waals surface area contributed by atoms with E-state index in [4.69, 9.17) is 9.90 Å². The van der Waals surface area contributed by atoms with Crippen LogP contribution < -0.4 is 10.6 Å². The Morgan fingerprint density at radius 1 is 1.09 bits per heavy atom. The molecule has 2 saturated heterocycles. The van der Waals surface area contributed by atoms with Crippen LogP contribution in [0.25, 0.3) is 0 Å². The van der Waals surface area contributed by atoms with Gasteiger partial charge >= 0.3 is 12.1 Å². The second kappa shape index (κ2) is 10.7. The number of carboxylic acids is 1. The molecular formula is C22H21F3N4O6. The number of aliphatic carboxylic acids is 1. The number of imide groups is 2. The summed E-state index contributed by atoms with van der Waals surface area (Å²) in [6.45, 7) is 4.45. The molecule has 186 valence electrons. The third-order valence-electron chi connectivity index (χ3n) is 5.43. The highest BCUT2D eigenvalue weighted by Gasteiger charge is 2.44. The van der Waals surface area contributed by atoms with Gasteiger partial charge in [0.1, 0.15) is 6.04 Å². The summed E-state index contributed by atoms with van der Waals surface area (Å²) in [7, 11) is 0. The average Bonchev–Trinajstić information content (AvgIpc) is 3.04. The Morgan fingerprint density at radius 2 is 1.71 bits per heavy atom. The topological polar surface area (TPSA) is 136 Å². The van der Waals surface area contributed by atoms with E-state index < -0.39 is 35.9 Å². The highest BCUT2D eigenvalue weighted by Crippen LogP contribution is 2.28. The fourth-order valence-corrected chi connectivity index (χ4v) is 3.67. The fraction of sp³-hybridized carbons (Fsp3) is 0.409. The van der Waals surface area contributed by atoms with Gasteiger partial charge in [-0.2, -0.15) is 13.2 Å². The molecule has 1 aromatic rings. The first-order valence-electron chi connectivity index (χ1n) is 10.6. The molecule has 0 spiro atoms. The minimum atomic E-state index is -5.08. The maximum absolute atomic E-state index is 12.8. The average molecular weight is 494 g/mol. The van der Waals surface area contributed by atoms with Crippen molar-refractivity contribution in [1.29, 1.82) is 0 Å². The first kappa shape index (κ1) is 25.9. The van der Waals surface area contributed by atoms with Gasteiger partial charge in [-0.15, -0.1) is 0 Å². The van der Waals surface area contributed by atoms with Crippen LogP contribution in [0.3, 0.4) is 0 Å². The zero-order valence-electron chi connectivity index (χ0n) is 18.3. The van der Waals surface area contributed by atoms with Gasteiger partial charge in [-0.3, -0.25) is 34.3 Å². The predicted octanol–water partition coefficient (Wildman–Crippen LogP) is -0.0222. The Morgan fingerprint density at radius 3 is 2.31 bits per heavy atom. The van der Waals surface area contributed by atoms with Gasteiger partial charge in [0.05, 0.1) is 17.7 Å². The number of hydrogen-bond donors (Lipinski definition) is 3. The number of piperazine rings is 1. The first-order chi connectivity index (χ1) is 16.5. The Hall–Kier alpha value is -3.76. The lowest BCUT2D eigenvalue weighted by Gasteiger charge is -2.27. The van der Waals surface area contributed by atoms with Crippen LogP contribution in [0.15, 0.2) is 18.2 Å². The Balaban J connectivity index is 0.000000429. The lowest BCUT2D eigenvalue weighted by Crippen LogP contribution is -2.54. The summed E-state index contributed by atoms with van der Waals surface area (Å²) in [5.74, 6) is 1.39. The molecule has 0 bridgehead atoms. The highest BCUT2D eigenvalue weighted by atomic mass is 19.4. The number of carbonyl (C=O) groups is 5. The molecule has 0 saturated carbocycles. The van der Waals surface area contributed by atoms with Crippen LogP contribution in [0.1, 0.15) is 39.1 Å². The van der Waals surface area contributed by atoms with Crippen LogP contribution in [-0.2, 0) is 14.4 Å². The maximum Gasteiger partial charge on any atom is 0.490 e. The van der Waals surface area contributed by atoms with Crippen LogP contribution in [0.2, 0.25) is 0 Å². The molecule has 3 aliphatic rings. The highest BCUT2D eigenvalue weighted by molar-refractivity contribution is 6.23. The third kappa shape index (κ3) is 6.23. The number of carbonyl (C=O) groups excluding carboxylic acids is 4. The van der Waals surface area contributed by atoms with E-state index in [1.54, 1.807) is 18.2 Å². The van der Waals surface area contributed by atoms with Crippen molar-refractivity contribution in [2.24, 2.45) is 0 Å². The maximum atomic E-state index is 12.8. The number of hydrogen-bond acceptors (Lipinski definition) is 7. The number of benzene rings is 1. The monoisotopic (exact) mass is 494 g/mol. The van der Waals surface area contributed by atoms with Crippen molar-refractivity contribution < 1.29 is 42.3 Å². The number of carboxylic acid groups (broad SMARTS) is 1. The number of amides is 4. The summed E-state index contributed by atoms with van der Waals surface area (Å²) >= 11 is 0. The number of rotatable bonds is 2. The van der Waals surface area contributed by atoms with E-state index in [2.05, 4.69) is 27.4 Å². The molecule has 3 heterocycles. The van der Waals surface area contributed by atoms with E-state index in [9.17, 15) is 32.3 Å². The normalized spacial score (nSPS) is 20.3. The molecule has 3 aliphatic heterocycles. The third-order valence-corrected chi connectivity index (χ3v) is 5.43. The van der Waals surface area contributed by atoms with Crippen LogP contribution >= 0.6 is 0 Å². The van der Waals surface area contributed by atoms with Gasteiger partial charge in [0.2, 0.25) is 11.8 Å². The minimum Gasteiger partial charge on any atom is -0.475 e. The van der Waals surface area contributed by atoms with E-state index in [-0.39, 0.29) is 29.9 Å². The van der Waals surface area contributed by atoms with E-state index >= 15 is 0 Å². The summed E-state index contributed by atoms with van der Waals surface area (Å²) in [6.07, 6.45) is -4.83. The zero-order chi connectivity index (χ0) is 25.8. The molecule has 2 fully saturated rings. The fourth-order valence-electron chi connectivity index (χ4n) is 3.67. The SMILES string of the molecule is O=C(O)C(F)(F)F.O=C1CCC(N2C(=O)c3ccc(C#CCN4CCNCC4)cc3C2=O)C(=O)N1. The molecular weight excluding hydrogens is 473 g/mol. The van der Waals surface area contributed by atoms with Gasteiger partial charge in [-0.25, -0.2) is 4.79 Å². The largest absolute Gasteiger partial charge is 0.490 e. The summed E-state index contributed by atoms with van der Waals surface area (Å²) in [6, 6.07) is 3.94. The predicted molar refractivity (Wildman–Crippen MR) is 113 cm³/mol. The molecule has 13 heteroatoms. The molecule has 3 N–H and O–H groups in total. The van der Waals surface area contributed by atoms with Crippen LogP contribution in [-0.4, -0.2) is 89.4 Å². The summed E-state index contributed by atoms with van der Waals surface area (Å²) in [4.78, 5) is 61.0. The number of nitrogens with zero attached hydrogens (tertiary/aromatic N) is 2. The van der Waals surface area contributed by atoms with Gasteiger partial charge in [-0.05, 0) is 24.6 Å². The smallest absolute Gasteiger partial charge is 0.475 e. The molecule has 35 heavy (non-hydrogen) atoms. The molecule has 1 unspecified atom stereocenters. The molecule has 4 rings (SSSR count). The molecule has 0 aromatic heterocycles.